The van der Waals surface area contributed by atoms with E-state index in [-0.39, 0.29) is 11.1 Å². The van der Waals surface area contributed by atoms with E-state index in [1.165, 1.54) is 18.3 Å². The Kier molecular flexibility index (Phi) is 5.09. The Morgan fingerprint density at radius 1 is 1.26 bits per heavy atom. The van der Waals surface area contributed by atoms with E-state index in [1.807, 2.05) is 12.2 Å². The highest BCUT2D eigenvalue weighted by atomic mass is 19.4. The molecule has 2 heterocycles. The fourth-order valence-electron chi connectivity index (χ4n) is 1.81. The highest BCUT2D eigenvalue weighted by Gasteiger charge is 2.42. The van der Waals surface area contributed by atoms with E-state index in [0.717, 1.165) is 18.6 Å². The molecule has 0 aromatic carbocycles. The van der Waals surface area contributed by atoms with Crippen molar-refractivity contribution in [3.63, 3.8) is 0 Å². The van der Waals surface area contributed by atoms with Crippen LogP contribution in [0.15, 0.2) is 36.9 Å². The number of amides is 1. The van der Waals surface area contributed by atoms with Crippen molar-refractivity contribution < 1.29 is 18.0 Å². The van der Waals surface area contributed by atoms with Gasteiger partial charge in [-0.05, 0) is 13.0 Å². The van der Waals surface area contributed by atoms with Crippen molar-refractivity contribution in [2.45, 2.75) is 19.1 Å². The molecular weight excluding hydrogens is 311 g/mol. The zero-order valence-corrected chi connectivity index (χ0v) is 12.1. The fourth-order valence-corrected chi connectivity index (χ4v) is 1.81. The van der Waals surface area contributed by atoms with Crippen molar-refractivity contribution in [1.82, 2.24) is 20.3 Å². The molecule has 0 fully saturated rings. The summed E-state index contributed by atoms with van der Waals surface area (Å²) in [5.41, 5.74) is -0.219. The molecule has 6 nitrogen and oxygen atoms in total. The monoisotopic (exact) mass is 325 g/mol. The van der Waals surface area contributed by atoms with Crippen LogP contribution in [0.4, 0.5) is 19.1 Å². The first-order valence-corrected chi connectivity index (χ1v) is 6.75. The molecule has 1 atom stereocenters. The molecule has 1 amide bonds. The normalized spacial score (nSPS) is 12.5. The summed E-state index contributed by atoms with van der Waals surface area (Å²) < 4.78 is 39.5. The largest absolute Gasteiger partial charge is 0.412 e. The van der Waals surface area contributed by atoms with Gasteiger partial charge in [-0.25, -0.2) is 9.97 Å². The summed E-state index contributed by atoms with van der Waals surface area (Å²) in [4.78, 5) is 23.4. The van der Waals surface area contributed by atoms with Gasteiger partial charge in [-0.15, -0.1) is 0 Å². The third-order valence-corrected chi connectivity index (χ3v) is 2.87. The van der Waals surface area contributed by atoms with Gasteiger partial charge in [0.1, 0.15) is 0 Å². The van der Waals surface area contributed by atoms with Gasteiger partial charge in [-0.2, -0.15) is 13.2 Å². The number of nitrogens with zero attached hydrogens (tertiary/aromatic N) is 3. The lowest BCUT2D eigenvalue weighted by atomic mass is 10.1. The first-order chi connectivity index (χ1) is 10.9. The van der Waals surface area contributed by atoms with Crippen LogP contribution >= 0.6 is 0 Å². The number of rotatable bonds is 5. The maximum absolute atomic E-state index is 13.2. The van der Waals surface area contributed by atoms with Gasteiger partial charge >= 0.3 is 6.18 Å². The van der Waals surface area contributed by atoms with E-state index in [9.17, 15) is 18.0 Å². The quantitative estimate of drug-likeness (QED) is 0.882. The summed E-state index contributed by atoms with van der Waals surface area (Å²) >= 11 is 0. The van der Waals surface area contributed by atoms with Crippen LogP contribution in [0, 0.1) is 0 Å². The average molecular weight is 325 g/mol. The summed E-state index contributed by atoms with van der Waals surface area (Å²) in [5.74, 6) is -0.622. The second-order valence-electron chi connectivity index (χ2n) is 4.56. The third kappa shape index (κ3) is 4.38. The van der Waals surface area contributed by atoms with E-state index >= 15 is 0 Å². The molecule has 0 bridgehead atoms. The van der Waals surface area contributed by atoms with Crippen LogP contribution in [-0.4, -0.2) is 33.6 Å². The predicted octanol–water partition coefficient (Wildman–Crippen LogP) is 2.34. The second kappa shape index (κ2) is 7.03. The van der Waals surface area contributed by atoms with E-state index < -0.39 is 18.1 Å². The highest BCUT2D eigenvalue weighted by molar-refractivity contribution is 5.94. The van der Waals surface area contributed by atoms with Gasteiger partial charge < -0.3 is 10.6 Å². The topological polar surface area (TPSA) is 79.8 Å². The smallest absolute Gasteiger partial charge is 0.355 e. The number of hydrogen-bond donors (Lipinski definition) is 2. The van der Waals surface area contributed by atoms with Crippen molar-refractivity contribution in [3.8, 4) is 0 Å². The van der Waals surface area contributed by atoms with Crippen molar-refractivity contribution in [2.75, 3.05) is 11.9 Å². The number of hydrogen-bond acceptors (Lipinski definition) is 5. The maximum atomic E-state index is 13.2. The van der Waals surface area contributed by atoms with E-state index in [1.54, 1.807) is 0 Å². The number of anilines is 1. The highest BCUT2D eigenvalue weighted by Crippen LogP contribution is 2.32. The molecule has 0 spiro atoms. The average Bonchev–Trinajstić information content (AvgIpc) is 2.53. The van der Waals surface area contributed by atoms with Gasteiger partial charge in [-0.1, -0.05) is 6.07 Å². The predicted molar refractivity (Wildman–Crippen MR) is 76.7 cm³/mol. The standard InChI is InChI=1S/C14H14F3N5O/c1-2-19-13-20-7-10(8-21-13)12(23)22-11(14(15,16)17)9-4-3-5-18-6-9/h3-8,11H,2H2,1H3,(H,22,23)(H,19,20,21)/t11-/m1/s1. The number of aromatic nitrogens is 3. The zero-order valence-electron chi connectivity index (χ0n) is 12.1. The molecule has 0 radical (unpaired) electrons. The Morgan fingerprint density at radius 3 is 2.48 bits per heavy atom. The van der Waals surface area contributed by atoms with Crippen molar-refractivity contribution in [2.24, 2.45) is 0 Å². The molecule has 2 aromatic rings. The number of carbonyl (C=O) groups excluding carboxylic acids is 1. The van der Waals surface area contributed by atoms with E-state index in [2.05, 4.69) is 20.3 Å². The van der Waals surface area contributed by atoms with Gasteiger partial charge in [0.05, 0.1) is 5.56 Å². The van der Waals surface area contributed by atoms with Gasteiger partial charge in [0.2, 0.25) is 5.95 Å². The summed E-state index contributed by atoms with van der Waals surface area (Å²) in [6.07, 6.45) is 0.0898. The minimum atomic E-state index is -4.65. The lowest BCUT2D eigenvalue weighted by Crippen LogP contribution is -2.38. The third-order valence-electron chi connectivity index (χ3n) is 2.87. The first kappa shape index (κ1) is 16.7. The molecule has 2 N–H and O–H groups in total. The molecule has 9 heteroatoms. The van der Waals surface area contributed by atoms with Gasteiger partial charge in [0, 0.05) is 36.9 Å². The minimum absolute atomic E-state index is 0.0650. The molecule has 0 aliphatic rings. The van der Waals surface area contributed by atoms with Gasteiger partial charge in [-0.3, -0.25) is 9.78 Å². The number of pyridine rings is 1. The molecule has 0 aliphatic heterocycles. The summed E-state index contributed by atoms with van der Waals surface area (Å²) in [6, 6.07) is 0.460. The van der Waals surface area contributed by atoms with Crippen LogP contribution in [0.25, 0.3) is 0 Å². The van der Waals surface area contributed by atoms with Crippen LogP contribution in [0.3, 0.4) is 0 Å². The summed E-state index contributed by atoms with van der Waals surface area (Å²) in [6.45, 7) is 2.43. The minimum Gasteiger partial charge on any atom is -0.355 e. The Balaban J connectivity index is 2.18. The maximum Gasteiger partial charge on any atom is 0.412 e. The van der Waals surface area contributed by atoms with Crippen molar-refractivity contribution >= 4 is 11.9 Å². The van der Waals surface area contributed by atoms with Gasteiger partial charge in [0.25, 0.3) is 5.91 Å². The molecule has 0 unspecified atom stereocenters. The molecular formula is C14H14F3N5O. The van der Waals surface area contributed by atoms with Crippen LogP contribution in [0.5, 0.6) is 0 Å². The fraction of sp³-hybridized carbons (Fsp3) is 0.286. The Bertz CT molecular complexity index is 646. The Hall–Kier alpha value is -2.71. The summed E-state index contributed by atoms with van der Waals surface area (Å²) in [5, 5.41) is 4.76. The van der Waals surface area contributed by atoms with E-state index in [0.29, 0.717) is 12.5 Å². The van der Waals surface area contributed by atoms with Crippen molar-refractivity contribution in [3.05, 3.63) is 48.0 Å². The number of alkyl halides is 3. The molecule has 2 aromatic heterocycles. The number of halogens is 3. The molecule has 0 aliphatic carbocycles. The van der Waals surface area contributed by atoms with Crippen LogP contribution in [0.2, 0.25) is 0 Å². The Morgan fingerprint density at radius 2 is 1.96 bits per heavy atom. The first-order valence-electron chi connectivity index (χ1n) is 6.75. The van der Waals surface area contributed by atoms with E-state index in [4.69, 9.17) is 0 Å². The lowest BCUT2D eigenvalue weighted by molar-refractivity contribution is -0.155. The number of nitrogens with one attached hydrogen (secondary N) is 2. The molecule has 23 heavy (non-hydrogen) atoms. The zero-order chi connectivity index (χ0) is 16.9. The van der Waals surface area contributed by atoms with Crippen LogP contribution in [0.1, 0.15) is 28.9 Å². The molecule has 0 saturated heterocycles. The van der Waals surface area contributed by atoms with Crippen LogP contribution < -0.4 is 10.6 Å². The second-order valence-corrected chi connectivity index (χ2v) is 4.56. The molecule has 0 saturated carbocycles. The Labute approximate surface area is 130 Å². The van der Waals surface area contributed by atoms with Crippen LogP contribution in [-0.2, 0) is 0 Å². The SMILES string of the molecule is CCNc1ncc(C(=O)N[C@H](c2cccnc2)C(F)(F)F)cn1. The molecule has 122 valence electrons. The molecule has 2 rings (SSSR count). The van der Waals surface area contributed by atoms with Crippen molar-refractivity contribution in [1.29, 1.82) is 0 Å². The number of carbonyl (C=O) groups is 1. The van der Waals surface area contributed by atoms with Gasteiger partial charge in [0.15, 0.2) is 6.04 Å². The lowest BCUT2D eigenvalue weighted by Gasteiger charge is -2.21. The summed E-state index contributed by atoms with van der Waals surface area (Å²) in [7, 11) is 0.